The van der Waals surface area contributed by atoms with Gasteiger partial charge in [0.15, 0.2) is 12.6 Å². The molecule has 1 fully saturated rings. The van der Waals surface area contributed by atoms with Crippen LogP contribution in [0, 0.1) is 0 Å². The van der Waals surface area contributed by atoms with Crippen molar-refractivity contribution in [3.05, 3.63) is 0 Å². The quantitative estimate of drug-likeness (QED) is 0.0751. The van der Waals surface area contributed by atoms with Crippen LogP contribution in [0.1, 0.15) is 26.7 Å². The Morgan fingerprint density at radius 1 is 1.18 bits per heavy atom. The minimum Gasteiger partial charge on any atom is -0.394 e. The number of aliphatic hydroxyl groups is 6. The average Bonchev–Trinajstić information content (AvgIpc) is 2.78. The second-order valence-electron chi connectivity index (χ2n) is 7.75. The summed E-state index contributed by atoms with van der Waals surface area (Å²) in [5.74, 6) is -1.09. The average molecular weight is 559 g/mol. The first kappa shape index (κ1) is 32.0. The number of ether oxygens (including phenoxy) is 4. The van der Waals surface area contributed by atoms with Crippen LogP contribution in [0.5, 0.6) is 0 Å². The van der Waals surface area contributed by atoms with Gasteiger partial charge in [-0.05, 0) is 13.3 Å². The molecular formula is C19H34Cl3NO11. The zero-order valence-electron chi connectivity index (χ0n) is 18.8. The van der Waals surface area contributed by atoms with Crippen LogP contribution in [0.2, 0.25) is 0 Å². The number of aliphatic hydroxyl groups excluding tert-OH is 6. The van der Waals surface area contributed by atoms with Gasteiger partial charge in [0.05, 0.1) is 19.8 Å². The lowest BCUT2D eigenvalue weighted by molar-refractivity contribution is -0.318. The molecule has 1 saturated heterocycles. The van der Waals surface area contributed by atoms with Crippen molar-refractivity contribution in [1.29, 1.82) is 0 Å². The Morgan fingerprint density at radius 2 is 1.82 bits per heavy atom. The number of alkyl halides is 3. The zero-order chi connectivity index (χ0) is 26.1. The fourth-order valence-corrected chi connectivity index (χ4v) is 3.23. The molecule has 15 heteroatoms. The fourth-order valence-electron chi connectivity index (χ4n) is 3.06. The van der Waals surface area contributed by atoms with Crippen molar-refractivity contribution in [3.8, 4) is 0 Å². The third-order valence-electron chi connectivity index (χ3n) is 4.98. The summed E-state index contributed by atoms with van der Waals surface area (Å²) in [6.45, 7) is 1.24. The van der Waals surface area contributed by atoms with Gasteiger partial charge in [-0.1, -0.05) is 48.1 Å². The summed E-state index contributed by atoms with van der Waals surface area (Å²) in [6, 6.07) is -1.31. The first-order valence-electron chi connectivity index (χ1n) is 10.7. The van der Waals surface area contributed by atoms with Crippen molar-refractivity contribution in [2.24, 2.45) is 0 Å². The molecule has 3 unspecified atom stereocenters. The van der Waals surface area contributed by atoms with Crippen LogP contribution in [-0.2, 0) is 23.7 Å². The van der Waals surface area contributed by atoms with E-state index in [1.807, 2.05) is 6.92 Å². The van der Waals surface area contributed by atoms with Crippen LogP contribution in [0.25, 0.3) is 0 Å². The number of carbonyl (C=O) groups is 1. The third kappa shape index (κ3) is 9.43. The number of carbonyl (C=O) groups excluding carboxylic acids is 1. The van der Waals surface area contributed by atoms with E-state index in [-0.39, 0.29) is 6.61 Å². The van der Waals surface area contributed by atoms with E-state index in [2.05, 4.69) is 5.32 Å². The Hall–Kier alpha value is -0.0600. The highest BCUT2D eigenvalue weighted by molar-refractivity contribution is 6.76. The van der Waals surface area contributed by atoms with Gasteiger partial charge in [0, 0.05) is 6.61 Å². The van der Waals surface area contributed by atoms with Gasteiger partial charge in [0.25, 0.3) is 9.70 Å². The monoisotopic (exact) mass is 557 g/mol. The SMILES string of the molecule is CCCCO[C@H]1OC(CO)[C@@H](O)[C@H](O[C@H](OC(CO)[C@H](O)CO)[C@H](C)O)C1NC(=O)C(Cl)(Cl)Cl. The van der Waals surface area contributed by atoms with Crippen molar-refractivity contribution >= 4 is 40.7 Å². The number of unbranched alkanes of at least 4 members (excludes halogenated alkanes) is 1. The van der Waals surface area contributed by atoms with E-state index < -0.39 is 84.8 Å². The topological polar surface area (TPSA) is 187 Å². The molecule has 9 atom stereocenters. The lowest BCUT2D eigenvalue weighted by atomic mass is 9.96. The molecular weight excluding hydrogens is 525 g/mol. The van der Waals surface area contributed by atoms with Gasteiger partial charge in [-0.2, -0.15) is 0 Å². The summed E-state index contributed by atoms with van der Waals surface area (Å²) in [6.07, 6.45) is -9.95. The standard InChI is InChI=1S/C19H34Cl3NO11/c1-3-4-5-31-17-13(23-18(30)19(20,21)22)15(14(29)12(8-26)33-17)34-16(9(2)27)32-11(7-25)10(28)6-24/h9-17,24-29H,3-8H2,1-2H3,(H,23,30)/t9-,10+,11?,12?,13?,14+,15+,16-,17-/m0/s1. The van der Waals surface area contributed by atoms with E-state index in [0.717, 1.165) is 6.42 Å². The zero-order valence-corrected chi connectivity index (χ0v) is 21.1. The molecule has 1 aliphatic rings. The van der Waals surface area contributed by atoms with Crippen molar-refractivity contribution in [3.63, 3.8) is 0 Å². The molecule has 1 heterocycles. The fraction of sp³-hybridized carbons (Fsp3) is 0.947. The first-order valence-corrected chi connectivity index (χ1v) is 11.9. The Morgan fingerprint density at radius 3 is 2.29 bits per heavy atom. The molecule has 1 aliphatic heterocycles. The molecule has 0 spiro atoms. The number of amides is 1. The molecule has 0 aliphatic carbocycles. The summed E-state index contributed by atoms with van der Waals surface area (Å²) >= 11 is 17.0. The third-order valence-corrected chi connectivity index (χ3v) is 5.49. The summed E-state index contributed by atoms with van der Waals surface area (Å²) < 4.78 is 20.0. The lowest BCUT2D eigenvalue weighted by Crippen LogP contribution is -2.67. The van der Waals surface area contributed by atoms with Crippen molar-refractivity contribution < 1.29 is 54.4 Å². The first-order chi connectivity index (χ1) is 15.9. The Bertz CT molecular complexity index is 598. The molecule has 12 nitrogen and oxygen atoms in total. The highest BCUT2D eigenvalue weighted by atomic mass is 35.6. The maximum absolute atomic E-state index is 12.4. The Balaban J connectivity index is 3.27. The van der Waals surface area contributed by atoms with E-state index in [1.54, 1.807) is 0 Å². The Labute approximate surface area is 212 Å². The van der Waals surface area contributed by atoms with Gasteiger partial charge in [0.2, 0.25) is 0 Å². The van der Waals surface area contributed by atoms with Gasteiger partial charge >= 0.3 is 0 Å². The largest absolute Gasteiger partial charge is 0.394 e. The highest BCUT2D eigenvalue weighted by Crippen LogP contribution is 2.30. The van der Waals surface area contributed by atoms with Crippen molar-refractivity contribution in [1.82, 2.24) is 5.32 Å². The van der Waals surface area contributed by atoms with Gasteiger partial charge in [-0.3, -0.25) is 4.79 Å². The number of hydrogen-bond acceptors (Lipinski definition) is 11. The normalized spacial score (nSPS) is 29.3. The molecule has 0 radical (unpaired) electrons. The summed E-state index contributed by atoms with van der Waals surface area (Å²) in [5, 5.41) is 61.4. The molecule has 0 aromatic carbocycles. The minimum atomic E-state index is -2.38. The number of hydrogen-bond donors (Lipinski definition) is 7. The molecule has 0 bridgehead atoms. The molecule has 0 aromatic rings. The molecule has 0 aromatic heterocycles. The predicted octanol–water partition coefficient (Wildman–Crippen LogP) is -1.44. The summed E-state index contributed by atoms with van der Waals surface area (Å²) in [4.78, 5) is 12.4. The van der Waals surface area contributed by atoms with Crippen molar-refractivity contribution in [2.45, 2.75) is 85.7 Å². The van der Waals surface area contributed by atoms with Crippen LogP contribution in [-0.4, -0.2) is 122 Å². The van der Waals surface area contributed by atoms with E-state index >= 15 is 0 Å². The molecule has 34 heavy (non-hydrogen) atoms. The van der Waals surface area contributed by atoms with E-state index in [9.17, 15) is 30.3 Å². The maximum atomic E-state index is 12.4. The van der Waals surface area contributed by atoms with E-state index in [0.29, 0.717) is 6.42 Å². The smallest absolute Gasteiger partial charge is 0.272 e. The van der Waals surface area contributed by atoms with E-state index in [4.69, 9.17) is 58.9 Å². The Kier molecular flexibility index (Phi) is 14.3. The van der Waals surface area contributed by atoms with E-state index in [1.165, 1.54) is 6.92 Å². The molecule has 1 amide bonds. The number of halogens is 3. The molecule has 1 rings (SSSR count). The highest BCUT2D eigenvalue weighted by Gasteiger charge is 2.50. The van der Waals surface area contributed by atoms with Gasteiger partial charge in [0.1, 0.15) is 42.7 Å². The number of nitrogens with one attached hydrogen (secondary N) is 1. The van der Waals surface area contributed by atoms with Gasteiger partial charge in [-0.15, -0.1) is 0 Å². The van der Waals surface area contributed by atoms with Crippen LogP contribution in [0.15, 0.2) is 0 Å². The maximum Gasteiger partial charge on any atom is 0.272 e. The summed E-state index contributed by atoms with van der Waals surface area (Å²) in [7, 11) is 0. The second kappa shape index (κ2) is 15.3. The van der Waals surface area contributed by atoms with Gasteiger partial charge in [-0.25, -0.2) is 0 Å². The lowest BCUT2D eigenvalue weighted by Gasteiger charge is -2.45. The van der Waals surface area contributed by atoms with Crippen LogP contribution >= 0.6 is 34.8 Å². The van der Waals surface area contributed by atoms with Crippen LogP contribution < -0.4 is 5.32 Å². The predicted molar refractivity (Wildman–Crippen MR) is 120 cm³/mol. The number of rotatable bonds is 14. The van der Waals surface area contributed by atoms with Gasteiger partial charge < -0.3 is 54.9 Å². The summed E-state index contributed by atoms with van der Waals surface area (Å²) in [5.41, 5.74) is 0. The van der Waals surface area contributed by atoms with Crippen molar-refractivity contribution in [2.75, 3.05) is 26.4 Å². The van der Waals surface area contributed by atoms with Crippen LogP contribution in [0.3, 0.4) is 0 Å². The molecule has 202 valence electrons. The second-order valence-corrected chi connectivity index (χ2v) is 10.0. The molecule has 0 saturated carbocycles. The minimum absolute atomic E-state index is 0.188. The van der Waals surface area contributed by atoms with Crippen LogP contribution in [0.4, 0.5) is 0 Å². The molecule has 7 N–H and O–H groups in total.